The van der Waals surface area contributed by atoms with Crippen LogP contribution in [0.3, 0.4) is 0 Å². The molecule has 0 radical (unpaired) electrons. The molecule has 1 aliphatic rings. The van der Waals surface area contributed by atoms with E-state index < -0.39 is 10.0 Å². The number of nitrogens with zero attached hydrogens (tertiary/aromatic N) is 4. The molecule has 0 spiro atoms. The van der Waals surface area contributed by atoms with Gasteiger partial charge in [-0.2, -0.15) is 5.26 Å². The first-order valence-electron chi connectivity index (χ1n) is 10.9. The molecule has 8 nitrogen and oxygen atoms in total. The molecule has 1 N–H and O–H groups in total. The molecular formula is C25H25N5O3S. The van der Waals surface area contributed by atoms with Gasteiger partial charge in [0.2, 0.25) is 0 Å². The number of carbonyl (C=O) groups is 1. The fraction of sp³-hybridized carbons (Fsp3) is 0.240. The van der Waals surface area contributed by atoms with Crippen LogP contribution in [0.2, 0.25) is 0 Å². The van der Waals surface area contributed by atoms with Crippen LogP contribution in [0.5, 0.6) is 0 Å². The summed E-state index contributed by atoms with van der Waals surface area (Å²) in [6, 6.07) is 16.9. The van der Waals surface area contributed by atoms with E-state index in [1.165, 1.54) is 24.3 Å². The third kappa shape index (κ3) is 4.87. The number of nitriles is 1. The van der Waals surface area contributed by atoms with Gasteiger partial charge in [0, 0.05) is 43.6 Å². The molecule has 4 rings (SSSR count). The summed E-state index contributed by atoms with van der Waals surface area (Å²) in [4.78, 5) is 21.1. The summed E-state index contributed by atoms with van der Waals surface area (Å²) in [7, 11) is -3.77. The fourth-order valence-corrected chi connectivity index (χ4v) is 4.89. The van der Waals surface area contributed by atoms with Gasteiger partial charge in [-0.15, -0.1) is 0 Å². The molecule has 174 valence electrons. The molecule has 1 fully saturated rings. The van der Waals surface area contributed by atoms with Crippen molar-refractivity contribution in [2.24, 2.45) is 0 Å². The van der Waals surface area contributed by atoms with Crippen LogP contribution >= 0.6 is 0 Å². The number of piperazine rings is 1. The highest BCUT2D eigenvalue weighted by molar-refractivity contribution is 7.92. The van der Waals surface area contributed by atoms with Gasteiger partial charge in [-0.1, -0.05) is 6.07 Å². The highest BCUT2D eigenvalue weighted by Crippen LogP contribution is 2.21. The van der Waals surface area contributed by atoms with Crippen molar-refractivity contribution in [3.8, 4) is 6.07 Å². The number of carbonyl (C=O) groups excluding carboxylic acids is 1. The summed E-state index contributed by atoms with van der Waals surface area (Å²) >= 11 is 0. The van der Waals surface area contributed by atoms with Crippen LogP contribution in [-0.4, -0.2) is 50.4 Å². The van der Waals surface area contributed by atoms with E-state index in [2.05, 4.69) is 15.8 Å². The Bertz CT molecular complexity index is 1360. The van der Waals surface area contributed by atoms with Crippen molar-refractivity contribution < 1.29 is 13.2 Å². The van der Waals surface area contributed by atoms with E-state index in [1.54, 1.807) is 35.4 Å². The molecule has 3 aromatic rings. The van der Waals surface area contributed by atoms with Gasteiger partial charge in [0.1, 0.15) is 11.9 Å². The second kappa shape index (κ2) is 9.53. The van der Waals surface area contributed by atoms with E-state index in [0.29, 0.717) is 48.8 Å². The molecule has 2 heterocycles. The molecule has 2 aromatic carbocycles. The molecule has 1 amide bonds. The second-order valence-corrected chi connectivity index (χ2v) is 9.88. The van der Waals surface area contributed by atoms with E-state index in [0.717, 1.165) is 11.1 Å². The minimum atomic E-state index is -3.77. The average Bonchev–Trinajstić information content (AvgIpc) is 2.86. The van der Waals surface area contributed by atoms with Crippen LogP contribution in [0.4, 0.5) is 11.5 Å². The molecule has 34 heavy (non-hydrogen) atoms. The van der Waals surface area contributed by atoms with Crippen LogP contribution < -0.4 is 9.62 Å². The number of aryl methyl sites for hydroxylation is 2. The molecule has 1 saturated heterocycles. The Morgan fingerprint density at radius 2 is 1.71 bits per heavy atom. The number of sulfonamides is 1. The van der Waals surface area contributed by atoms with E-state index in [-0.39, 0.29) is 10.8 Å². The minimum absolute atomic E-state index is 0.0892. The summed E-state index contributed by atoms with van der Waals surface area (Å²) in [6.45, 7) is 5.97. The topological polar surface area (TPSA) is 106 Å². The van der Waals surface area contributed by atoms with Gasteiger partial charge in [0.25, 0.3) is 15.9 Å². The number of anilines is 2. The average molecular weight is 476 g/mol. The molecule has 0 atom stereocenters. The Hall–Kier alpha value is -3.90. The number of aromatic nitrogens is 1. The number of hydrogen-bond acceptors (Lipinski definition) is 6. The number of pyridine rings is 1. The highest BCUT2D eigenvalue weighted by Gasteiger charge is 2.24. The number of benzene rings is 2. The zero-order valence-electron chi connectivity index (χ0n) is 19.0. The van der Waals surface area contributed by atoms with Gasteiger partial charge in [-0.25, -0.2) is 13.4 Å². The summed E-state index contributed by atoms with van der Waals surface area (Å²) in [5.74, 6) is 0.468. The van der Waals surface area contributed by atoms with Crippen molar-refractivity contribution in [2.45, 2.75) is 18.7 Å². The zero-order valence-corrected chi connectivity index (χ0v) is 19.8. The number of nitrogens with one attached hydrogen (secondary N) is 1. The second-order valence-electron chi connectivity index (χ2n) is 8.19. The van der Waals surface area contributed by atoms with Gasteiger partial charge < -0.3 is 9.80 Å². The van der Waals surface area contributed by atoms with Crippen molar-refractivity contribution in [3.05, 3.63) is 83.0 Å². The quantitative estimate of drug-likeness (QED) is 0.607. The largest absolute Gasteiger partial charge is 0.352 e. The summed E-state index contributed by atoms with van der Waals surface area (Å²) < 4.78 is 28.1. The molecule has 0 aliphatic carbocycles. The third-order valence-electron chi connectivity index (χ3n) is 5.94. The third-order valence-corrected chi connectivity index (χ3v) is 7.34. The molecule has 0 saturated carbocycles. The van der Waals surface area contributed by atoms with Gasteiger partial charge >= 0.3 is 0 Å². The van der Waals surface area contributed by atoms with Gasteiger partial charge in [-0.05, 0) is 73.5 Å². The Morgan fingerprint density at radius 3 is 2.35 bits per heavy atom. The lowest BCUT2D eigenvalue weighted by Crippen LogP contribution is -2.49. The minimum Gasteiger partial charge on any atom is -0.352 e. The maximum Gasteiger partial charge on any atom is 0.261 e. The standard InChI is InChI=1S/C25H25N5O3S/c1-18-5-8-22(16-19(18)2)28-34(32,33)23-9-6-20(7-10-23)25(31)30-14-12-29(13-15-30)24-21(17-26)4-3-11-27-24/h3-11,16,28H,12-15H2,1-2H3. The Labute approximate surface area is 199 Å². The Balaban J connectivity index is 1.41. The molecule has 1 aliphatic heterocycles. The van der Waals surface area contributed by atoms with Gasteiger partial charge in [-0.3, -0.25) is 9.52 Å². The first-order chi connectivity index (χ1) is 16.3. The van der Waals surface area contributed by atoms with Crippen LogP contribution in [0.1, 0.15) is 27.0 Å². The predicted molar refractivity (Wildman–Crippen MR) is 130 cm³/mol. The van der Waals surface area contributed by atoms with Crippen LogP contribution in [-0.2, 0) is 10.0 Å². The molecule has 0 unspecified atom stereocenters. The lowest BCUT2D eigenvalue weighted by Gasteiger charge is -2.35. The van der Waals surface area contributed by atoms with Crippen molar-refractivity contribution in [1.82, 2.24) is 9.88 Å². The maximum absolute atomic E-state index is 13.0. The van der Waals surface area contributed by atoms with Crippen LogP contribution in [0, 0.1) is 25.2 Å². The van der Waals surface area contributed by atoms with Crippen molar-refractivity contribution in [3.63, 3.8) is 0 Å². The van der Waals surface area contributed by atoms with Gasteiger partial charge in [0.15, 0.2) is 0 Å². The Kier molecular flexibility index (Phi) is 6.52. The van der Waals surface area contributed by atoms with Crippen LogP contribution in [0.15, 0.2) is 65.7 Å². The van der Waals surface area contributed by atoms with Gasteiger partial charge in [0.05, 0.1) is 10.5 Å². The van der Waals surface area contributed by atoms with Crippen LogP contribution in [0.25, 0.3) is 0 Å². The highest BCUT2D eigenvalue weighted by atomic mass is 32.2. The van der Waals surface area contributed by atoms with Crippen molar-refractivity contribution >= 4 is 27.4 Å². The molecule has 9 heteroatoms. The van der Waals surface area contributed by atoms with E-state index in [9.17, 15) is 18.5 Å². The SMILES string of the molecule is Cc1ccc(NS(=O)(=O)c2ccc(C(=O)N3CCN(c4ncccc4C#N)CC3)cc2)cc1C. The first kappa shape index (κ1) is 23.3. The van der Waals surface area contributed by atoms with E-state index in [4.69, 9.17) is 0 Å². The summed E-state index contributed by atoms with van der Waals surface area (Å²) in [5.41, 5.74) is 3.50. The van der Waals surface area contributed by atoms with Crippen molar-refractivity contribution in [2.75, 3.05) is 35.8 Å². The molecule has 0 bridgehead atoms. The zero-order chi connectivity index (χ0) is 24.3. The predicted octanol–water partition coefficient (Wildman–Crippen LogP) is 3.33. The monoisotopic (exact) mass is 475 g/mol. The normalized spacial score (nSPS) is 13.9. The number of hydrogen-bond donors (Lipinski definition) is 1. The number of rotatable bonds is 5. The smallest absolute Gasteiger partial charge is 0.261 e. The fourth-order valence-electron chi connectivity index (χ4n) is 3.84. The summed E-state index contributed by atoms with van der Waals surface area (Å²) in [5, 5.41) is 9.29. The van der Waals surface area contributed by atoms with Crippen molar-refractivity contribution in [1.29, 1.82) is 5.26 Å². The lowest BCUT2D eigenvalue weighted by atomic mass is 10.1. The molecule has 1 aromatic heterocycles. The maximum atomic E-state index is 13.0. The number of amides is 1. The Morgan fingerprint density at radius 1 is 1.00 bits per heavy atom. The molecular weight excluding hydrogens is 450 g/mol. The van der Waals surface area contributed by atoms with E-state index >= 15 is 0 Å². The lowest BCUT2D eigenvalue weighted by molar-refractivity contribution is 0.0746. The van der Waals surface area contributed by atoms with E-state index in [1.807, 2.05) is 24.8 Å². The summed E-state index contributed by atoms with van der Waals surface area (Å²) in [6.07, 6.45) is 1.65. The first-order valence-corrected chi connectivity index (χ1v) is 12.4.